The van der Waals surface area contributed by atoms with Crippen molar-refractivity contribution in [2.75, 3.05) is 0 Å². The molecule has 0 aromatic carbocycles. The second kappa shape index (κ2) is 5.61. The number of hydrogen-bond acceptors (Lipinski definition) is 2. The molecule has 4 nitrogen and oxygen atoms in total. The lowest BCUT2D eigenvalue weighted by Gasteiger charge is -2.03. The van der Waals surface area contributed by atoms with Crippen LogP contribution in [-0.4, -0.2) is 19.6 Å². The lowest BCUT2D eigenvalue weighted by Crippen LogP contribution is -2.02. The Hall–Kier alpha value is -0.0800. The van der Waals surface area contributed by atoms with Crippen molar-refractivity contribution in [3.8, 4) is 0 Å². The summed E-state index contributed by atoms with van der Waals surface area (Å²) in [7, 11) is 1.87. The molecule has 1 saturated carbocycles. The molecule has 2 aromatic rings. The van der Waals surface area contributed by atoms with E-state index >= 15 is 0 Å². The number of rotatable bonds is 4. The van der Waals surface area contributed by atoms with E-state index in [1.54, 1.807) is 4.68 Å². The average molecular weight is 470 g/mol. The number of aromatic nitrogens is 4. The Kier molecular flexibility index (Phi) is 4.16. The number of hydrogen-bond donors (Lipinski definition) is 0. The van der Waals surface area contributed by atoms with Crippen LogP contribution in [0.25, 0.3) is 0 Å². The van der Waals surface area contributed by atoms with Gasteiger partial charge in [-0.25, -0.2) is 0 Å². The van der Waals surface area contributed by atoms with Gasteiger partial charge in [0, 0.05) is 31.1 Å². The third-order valence-electron chi connectivity index (χ3n) is 3.68. The minimum absolute atomic E-state index is 0.704. The van der Waals surface area contributed by atoms with Crippen LogP contribution in [0.3, 0.4) is 0 Å². The van der Waals surface area contributed by atoms with Crippen LogP contribution in [0.15, 0.2) is 4.60 Å². The van der Waals surface area contributed by atoms with Gasteiger partial charge in [-0.1, -0.05) is 11.6 Å². The van der Waals surface area contributed by atoms with Gasteiger partial charge in [-0.15, -0.1) is 0 Å². The Balaban J connectivity index is 1.91. The van der Waals surface area contributed by atoms with E-state index < -0.39 is 0 Å². The van der Waals surface area contributed by atoms with Crippen molar-refractivity contribution in [1.29, 1.82) is 0 Å². The van der Waals surface area contributed by atoms with Crippen LogP contribution in [0.5, 0.6) is 0 Å². The molecule has 0 atom stereocenters. The fourth-order valence-corrected chi connectivity index (χ4v) is 4.07. The zero-order valence-electron chi connectivity index (χ0n) is 11.3. The van der Waals surface area contributed by atoms with E-state index in [0.717, 1.165) is 38.4 Å². The Morgan fingerprint density at radius 3 is 2.60 bits per heavy atom. The summed E-state index contributed by atoms with van der Waals surface area (Å²) in [5.41, 5.74) is 3.34. The molecule has 0 N–H and O–H groups in total. The largest absolute Gasteiger partial charge is 0.258 e. The molecule has 3 rings (SSSR count). The summed E-state index contributed by atoms with van der Waals surface area (Å²) in [6, 6.07) is 0. The highest BCUT2D eigenvalue weighted by Gasteiger charge is 2.25. The highest BCUT2D eigenvalue weighted by Crippen LogP contribution is 2.34. The molecule has 1 aliphatic rings. The monoisotopic (exact) mass is 468 g/mol. The van der Waals surface area contributed by atoms with Crippen molar-refractivity contribution >= 4 is 50.1 Å². The van der Waals surface area contributed by atoms with Crippen molar-refractivity contribution in [2.24, 2.45) is 13.0 Å². The first-order chi connectivity index (χ1) is 9.47. The molecule has 108 valence electrons. The van der Waals surface area contributed by atoms with Gasteiger partial charge < -0.3 is 0 Å². The summed E-state index contributed by atoms with van der Waals surface area (Å²) < 4.78 is 5.84. The van der Waals surface area contributed by atoms with E-state index in [-0.39, 0.29) is 0 Å². The van der Waals surface area contributed by atoms with Gasteiger partial charge >= 0.3 is 0 Å². The minimum Gasteiger partial charge on any atom is -0.258 e. The fourth-order valence-electron chi connectivity index (χ4n) is 2.30. The van der Waals surface area contributed by atoms with Gasteiger partial charge in [0.05, 0.1) is 5.69 Å². The van der Waals surface area contributed by atoms with Crippen molar-refractivity contribution in [3.05, 3.63) is 30.3 Å². The van der Waals surface area contributed by atoms with E-state index in [0.29, 0.717) is 5.15 Å². The molecule has 0 radical (unpaired) electrons. The van der Waals surface area contributed by atoms with Crippen LogP contribution in [0.1, 0.15) is 29.7 Å². The highest BCUT2D eigenvalue weighted by atomic mass is 127. The molecule has 0 spiro atoms. The second-order valence-electron chi connectivity index (χ2n) is 5.34. The van der Waals surface area contributed by atoms with Crippen LogP contribution >= 0.6 is 50.1 Å². The summed E-state index contributed by atoms with van der Waals surface area (Å²) in [4.78, 5) is 0. The molecular formula is C13H15BrClIN4. The Morgan fingerprint density at radius 2 is 2.05 bits per heavy atom. The summed E-state index contributed by atoms with van der Waals surface area (Å²) >= 11 is 12.3. The van der Waals surface area contributed by atoms with E-state index in [4.69, 9.17) is 11.6 Å². The summed E-state index contributed by atoms with van der Waals surface area (Å²) in [6.07, 6.45) is 3.42. The van der Waals surface area contributed by atoms with Crippen LogP contribution < -0.4 is 0 Å². The van der Waals surface area contributed by atoms with Gasteiger partial charge in [0.15, 0.2) is 0 Å². The molecule has 1 aliphatic carbocycles. The molecule has 20 heavy (non-hydrogen) atoms. The Bertz CT molecular complexity index is 660. The van der Waals surface area contributed by atoms with Gasteiger partial charge in [-0.05, 0) is 64.2 Å². The van der Waals surface area contributed by atoms with Gasteiger partial charge in [-0.3, -0.25) is 9.36 Å². The van der Waals surface area contributed by atoms with Crippen molar-refractivity contribution < 1.29 is 0 Å². The quantitative estimate of drug-likeness (QED) is 0.636. The first kappa shape index (κ1) is 14.8. The molecule has 0 unspecified atom stereocenters. The van der Waals surface area contributed by atoms with Crippen LogP contribution in [0.4, 0.5) is 0 Å². The Morgan fingerprint density at radius 1 is 1.35 bits per heavy atom. The Labute approximate surface area is 145 Å². The van der Waals surface area contributed by atoms with E-state index in [1.165, 1.54) is 18.4 Å². The topological polar surface area (TPSA) is 35.6 Å². The third-order valence-corrected chi connectivity index (χ3v) is 5.91. The van der Waals surface area contributed by atoms with Gasteiger partial charge in [0.1, 0.15) is 13.5 Å². The summed E-state index contributed by atoms with van der Waals surface area (Å²) in [5.74, 6) is 0.806. The zero-order valence-corrected chi connectivity index (χ0v) is 15.8. The maximum atomic E-state index is 6.32. The first-order valence-corrected chi connectivity index (χ1v) is 8.81. The molecule has 0 amide bonds. The standard InChI is InChI=1S/C13H15BrClIN4/c1-7-9(5-10-12(15)19(2)18-13(10)16)11(14)20(17-7)6-8-3-4-8/h8H,3-6H2,1-2H3. The predicted molar refractivity (Wildman–Crippen MR) is 91.1 cm³/mol. The lowest BCUT2D eigenvalue weighted by molar-refractivity contribution is 0.549. The van der Waals surface area contributed by atoms with Gasteiger partial charge in [0.25, 0.3) is 0 Å². The normalized spacial score (nSPS) is 15.1. The van der Waals surface area contributed by atoms with Crippen LogP contribution in [0, 0.1) is 16.5 Å². The maximum Gasteiger partial charge on any atom is 0.131 e. The lowest BCUT2D eigenvalue weighted by atomic mass is 10.1. The molecule has 1 fully saturated rings. The second-order valence-corrected chi connectivity index (χ2v) is 7.47. The fraction of sp³-hybridized carbons (Fsp3) is 0.538. The van der Waals surface area contributed by atoms with Gasteiger partial charge in [-0.2, -0.15) is 10.2 Å². The first-order valence-electron chi connectivity index (χ1n) is 6.56. The van der Waals surface area contributed by atoms with E-state index in [9.17, 15) is 0 Å². The van der Waals surface area contributed by atoms with Crippen molar-refractivity contribution in [1.82, 2.24) is 19.6 Å². The minimum atomic E-state index is 0.704. The molecule has 2 heterocycles. The third kappa shape index (κ3) is 2.78. The summed E-state index contributed by atoms with van der Waals surface area (Å²) in [5, 5.41) is 9.71. The molecule has 0 aliphatic heterocycles. The van der Waals surface area contributed by atoms with Crippen molar-refractivity contribution in [2.45, 2.75) is 32.7 Å². The maximum absolute atomic E-state index is 6.32. The number of aryl methyl sites for hydroxylation is 2. The molecule has 2 aromatic heterocycles. The highest BCUT2D eigenvalue weighted by molar-refractivity contribution is 14.1. The SMILES string of the molecule is Cc1nn(CC2CC2)c(Br)c1Cc1c(I)nn(C)c1Cl. The molecular weight excluding hydrogens is 454 g/mol. The predicted octanol–water partition coefficient (Wildman–Crippen LogP) is 3.95. The van der Waals surface area contributed by atoms with Crippen molar-refractivity contribution in [3.63, 3.8) is 0 Å². The summed E-state index contributed by atoms with van der Waals surface area (Å²) in [6.45, 7) is 3.07. The average Bonchev–Trinajstić information content (AvgIpc) is 3.11. The van der Waals surface area contributed by atoms with E-state index in [2.05, 4.69) is 60.3 Å². The van der Waals surface area contributed by atoms with Crippen LogP contribution in [0.2, 0.25) is 5.15 Å². The molecule has 0 saturated heterocycles. The van der Waals surface area contributed by atoms with Crippen LogP contribution in [-0.2, 0) is 20.0 Å². The molecule has 7 heteroatoms. The number of nitrogens with zero attached hydrogens (tertiary/aromatic N) is 4. The number of halogens is 3. The smallest absolute Gasteiger partial charge is 0.131 e. The van der Waals surface area contributed by atoms with Gasteiger partial charge in [0.2, 0.25) is 0 Å². The molecule has 0 bridgehead atoms. The zero-order chi connectivity index (χ0) is 14.4. The van der Waals surface area contributed by atoms with E-state index in [1.807, 2.05) is 7.05 Å².